The molecule has 0 atom stereocenters. The normalized spacial score (nSPS) is 15.4. The first kappa shape index (κ1) is 12.3. The van der Waals surface area contributed by atoms with Gasteiger partial charge in [0.05, 0.1) is 11.6 Å². The fourth-order valence-electron chi connectivity index (χ4n) is 2.65. The first-order valence-corrected chi connectivity index (χ1v) is 7.08. The Morgan fingerprint density at radius 2 is 1.90 bits per heavy atom. The number of hydrogen-bond acceptors (Lipinski definition) is 5. The van der Waals surface area contributed by atoms with Crippen LogP contribution in [0.5, 0.6) is 0 Å². The lowest BCUT2D eigenvalue weighted by Gasteiger charge is -2.38. The van der Waals surface area contributed by atoms with Crippen LogP contribution in [-0.2, 0) is 0 Å². The van der Waals surface area contributed by atoms with Gasteiger partial charge in [-0.15, -0.1) is 15.3 Å². The Balaban J connectivity index is 1.55. The summed E-state index contributed by atoms with van der Waals surface area (Å²) in [5, 5.41) is 17.0. The molecular weight excluding hydrogens is 264 g/mol. The van der Waals surface area contributed by atoms with E-state index in [0.717, 1.165) is 36.1 Å². The van der Waals surface area contributed by atoms with Crippen molar-refractivity contribution in [1.29, 1.82) is 0 Å². The van der Waals surface area contributed by atoms with Crippen molar-refractivity contribution in [2.24, 2.45) is 0 Å². The van der Waals surface area contributed by atoms with E-state index in [1.165, 1.54) is 5.56 Å². The molecule has 6 nitrogen and oxygen atoms in total. The summed E-state index contributed by atoms with van der Waals surface area (Å²) < 4.78 is 2.06. The van der Waals surface area contributed by atoms with Gasteiger partial charge in [0.1, 0.15) is 5.82 Å². The lowest BCUT2D eigenvalue weighted by atomic mass is 9.99. The summed E-state index contributed by atoms with van der Waals surface area (Å²) in [5.41, 5.74) is 3.06. The number of hydrogen-bond donors (Lipinski definition) is 0. The molecule has 0 radical (unpaired) electrons. The molecule has 0 amide bonds. The molecule has 1 saturated heterocycles. The second kappa shape index (κ2) is 4.51. The largest absolute Gasteiger partial charge is 0.354 e. The molecule has 0 saturated carbocycles. The number of rotatable bonds is 2. The van der Waals surface area contributed by atoms with E-state index >= 15 is 0 Å². The van der Waals surface area contributed by atoms with Crippen LogP contribution < -0.4 is 4.90 Å². The smallest absolute Gasteiger partial charge is 0.160 e. The summed E-state index contributed by atoms with van der Waals surface area (Å²) in [6.45, 7) is 5.86. The highest BCUT2D eigenvalue weighted by molar-refractivity contribution is 5.46. The third-order valence-corrected chi connectivity index (χ3v) is 4.13. The van der Waals surface area contributed by atoms with Crippen LogP contribution in [0.15, 0.2) is 30.5 Å². The Bertz CT molecular complexity index is 803. The Kier molecular flexibility index (Phi) is 2.63. The Hall–Kier alpha value is -2.50. The fraction of sp³-hybridized carbons (Fsp3) is 0.333. The Morgan fingerprint density at radius 3 is 2.71 bits per heavy atom. The minimum atomic E-state index is 0.394. The monoisotopic (exact) mass is 280 g/mol. The van der Waals surface area contributed by atoms with Gasteiger partial charge in [0.15, 0.2) is 11.5 Å². The van der Waals surface area contributed by atoms with E-state index in [1.54, 1.807) is 0 Å². The van der Waals surface area contributed by atoms with Gasteiger partial charge in [-0.3, -0.25) is 4.40 Å². The van der Waals surface area contributed by atoms with Gasteiger partial charge in [-0.2, -0.15) is 5.10 Å². The van der Waals surface area contributed by atoms with E-state index in [0.29, 0.717) is 5.92 Å². The maximum absolute atomic E-state index is 4.33. The maximum atomic E-state index is 4.33. The third-order valence-electron chi connectivity index (χ3n) is 4.13. The average Bonchev–Trinajstić information content (AvgIpc) is 2.85. The van der Waals surface area contributed by atoms with Crippen LogP contribution in [0.4, 0.5) is 5.82 Å². The molecule has 21 heavy (non-hydrogen) atoms. The quantitative estimate of drug-likeness (QED) is 0.715. The van der Waals surface area contributed by atoms with Gasteiger partial charge in [-0.1, -0.05) is 6.07 Å². The molecule has 4 heterocycles. The first-order chi connectivity index (χ1) is 10.2. The number of aryl methyl sites for hydroxylation is 2. The van der Waals surface area contributed by atoms with Gasteiger partial charge < -0.3 is 4.90 Å². The molecule has 3 aromatic rings. The number of nitrogens with zero attached hydrogens (tertiary/aromatic N) is 6. The van der Waals surface area contributed by atoms with Crippen molar-refractivity contribution >= 4 is 11.5 Å². The Morgan fingerprint density at radius 1 is 1.05 bits per heavy atom. The molecular formula is C15H16N6. The van der Waals surface area contributed by atoms with Crippen LogP contribution in [0, 0.1) is 13.8 Å². The summed E-state index contributed by atoms with van der Waals surface area (Å²) in [4.78, 5) is 2.23. The van der Waals surface area contributed by atoms with Gasteiger partial charge in [0.2, 0.25) is 0 Å². The van der Waals surface area contributed by atoms with E-state index in [-0.39, 0.29) is 0 Å². The minimum absolute atomic E-state index is 0.394. The van der Waals surface area contributed by atoms with Crippen LogP contribution in [-0.4, -0.2) is 37.9 Å². The zero-order chi connectivity index (χ0) is 14.4. The number of anilines is 1. The molecule has 4 rings (SSSR count). The lowest BCUT2D eigenvalue weighted by molar-refractivity contribution is 0.490. The molecule has 0 N–H and O–H groups in total. The predicted octanol–water partition coefficient (Wildman–Crippen LogP) is 1.74. The molecule has 0 unspecified atom stereocenters. The second-order valence-electron chi connectivity index (χ2n) is 5.56. The van der Waals surface area contributed by atoms with E-state index in [2.05, 4.69) is 42.7 Å². The highest BCUT2D eigenvalue weighted by atomic mass is 15.3. The topological polar surface area (TPSA) is 59.2 Å². The van der Waals surface area contributed by atoms with Crippen LogP contribution >= 0.6 is 0 Å². The zero-order valence-corrected chi connectivity index (χ0v) is 12.1. The van der Waals surface area contributed by atoms with Gasteiger partial charge >= 0.3 is 0 Å². The summed E-state index contributed by atoms with van der Waals surface area (Å²) >= 11 is 0. The highest BCUT2D eigenvalue weighted by Gasteiger charge is 2.32. The molecule has 1 fully saturated rings. The van der Waals surface area contributed by atoms with Gasteiger partial charge in [0.25, 0.3) is 0 Å². The van der Waals surface area contributed by atoms with Crippen molar-refractivity contribution in [3.63, 3.8) is 0 Å². The van der Waals surface area contributed by atoms with Crippen LogP contribution in [0.2, 0.25) is 0 Å². The Labute approximate surface area is 122 Å². The predicted molar refractivity (Wildman–Crippen MR) is 79.4 cm³/mol. The molecule has 106 valence electrons. The number of aromatic nitrogens is 5. The van der Waals surface area contributed by atoms with E-state index < -0.39 is 0 Å². The van der Waals surface area contributed by atoms with Gasteiger partial charge in [-0.05, 0) is 37.6 Å². The molecule has 0 bridgehead atoms. The lowest BCUT2D eigenvalue weighted by Crippen LogP contribution is -2.46. The SMILES string of the molecule is Cc1cc(N2CC(c3nnc4ccccn34)C2)nnc1C. The van der Waals surface area contributed by atoms with E-state index in [1.807, 2.05) is 31.3 Å². The summed E-state index contributed by atoms with van der Waals surface area (Å²) in [6, 6.07) is 8.05. The summed E-state index contributed by atoms with van der Waals surface area (Å²) in [7, 11) is 0. The molecule has 1 aliphatic heterocycles. The number of fused-ring (bicyclic) bond motifs is 1. The van der Waals surface area contributed by atoms with Crippen molar-refractivity contribution in [3.05, 3.63) is 47.5 Å². The van der Waals surface area contributed by atoms with Crippen LogP contribution in [0.25, 0.3) is 5.65 Å². The standard InChI is InChI=1S/C15H16N6/c1-10-7-14(18-16-11(10)2)20-8-12(9-20)15-19-17-13-5-3-4-6-21(13)15/h3-7,12H,8-9H2,1-2H3. The molecule has 3 aromatic heterocycles. The van der Waals surface area contributed by atoms with Crippen molar-refractivity contribution in [2.75, 3.05) is 18.0 Å². The first-order valence-electron chi connectivity index (χ1n) is 7.08. The summed E-state index contributed by atoms with van der Waals surface area (Å²) in [5.74, 6) is 2.37. The zero-order valence-electron chi connectivity index (χ0n) is 12.1. The summed E-state index contributed by atoms with van der Waals surface area (Å²) in [6.07, 6.45) is 2.02. The van der Waals surface area contributed by atoms with Gasteiger partial charge in [-0.25, -0.2) is 0 Å². The molecule has 0 aromatic carbocycles. The van der Waals surface area contributed by atoms with Gasteiger partial charge in [0, 0.05) is 19.3 Å². The molecule has 0 aliphatic carbocycles. The fourth-order valence-corrected chi connectivity index (χ4v) is 2.65. The average molecular weight is 280 g/mol. The maximum Gasteiger partial charge on any atom is 0.160 e. The van der Waals surface area contributed by atoms with Crippen LogP contribution in [0.3, 0.4) is 0 Å². The van der Waals surface area contributed by atoms with Crippen molar-refractivity contribution in [1.82, 2.24) is 24.8 Å². The van der Waals surface area contributed by atoms with Crippen LogP contribution in [0.1, 0.15) is 23.0 Å². The molecule has 0 spiro atoms. The van der Waals surface area contributed by atoms with E-state index in [9.17, 15) is 0 Å². The number of pyridine rings is 1. The van der Waals surface area contributed by atoms with E-state index in [4.69, 9.17) is 0 Å². The minimum Gasteiger partial charge on any atom is -0.354 e. The highest BCUT2D eigenvalue weighted by Crippen LogP contribution is 2.29. The molecule has 1 aliphatic rings. The molecule has 6 heteroatoms. The second-order valence-corrected chi connectivity index (χ2v) is 5.56. The third kappa shape index (κ3) is 1.94. The van der Waals surface area contributed by atoms with Crippen molar-refractivity contribution in [2.45, 2.75) is 19.8 Å². The van der Waals surface area contributed by atoms with Crippen molar-refractivity contribution in [3.8, 4) is 0 Å². The van der Waals surface area contributed by atoms with Crippen molar-refractivity contribution < 1.29 is 0 Å².